The smallest absolute Gasteiger partial charge is 0.329 e. The van der Waals surface area contributed by atoms with Gasteiger partial charge in [0.1, 0.15) is 18.6 Å². The van der Waals surface area contributed by atoms with Crippen LogP contribution in [0.25, 0.3) is 11.0 Å². The van der Waals surface area contributed by atoms with Crippen molar-refractivity contribution in [2.24, 2.45) is 5.92 Å². The van der Waals surface area contributed by atoms with Crippen molar-refractivity contribution in [1.82, 2.24) is 29.2 Å². The number of nitrogens with one attached hydrogen (secondary N) is 1. The number of hydrogen-bond donors (Lipinski definition) is 2. The van der Waals surface area contributed by atoms with E-state index in [-0.39, 0.29) is 42.9 Å². The minimum absolute atomic E-state index is 0.0156. The topological polar surface area (TPSA) is 157 Å². The minimum atomic E-state index is -0.330. The lowest BCUT2D eigenvalue weighted by Crippen LogP contribution is -2.52. The third-order valence-electron chi connectivity index (χ3n) is 7.89. The first-order chi connectivity index (χ1) is 20.0. The van der Waals surface area contributed by atoms with Crippen LogP contribution in [0.5, 0.6) is 0 Å². The third-order valence-corrected chi connectivity index (χ3v) is 7.89. The SMILES string of the molecule is Cc1ccc(NC(=O)N(C)CCN(C)C(=O)n2ccc3c(N(C)[C@H]4CN(C(=O)CC#N)CC[C@H]4C)ncnc32)c(N)c1. The average molecular weight is 575 g/mol. The predicted molar refractivity (Wildman–Crippen MR) is 161 cm³/mol. The number of aromatic nitrogens is 3. The first kappa shape index (κ1) is 30.1. The maximum absolute atomic E-state index is 13.4. The molecule has 0 radical (unpaired) electrons. The number of rotatable bonds is 7. The van der Waals surface area contributed by atoms with Crippen molar-refractivity contribution in [3.63, 3.8) is 0 Å². The van der Waals surface area contributed by atoms with Crippen molar-refractivity contribution < 1.29 is 14.4 Å². The molecule has 1 saturated heterocycles. The van der Waals surface area contributed by atoms with Crippen LogP contribution in [-0.4, -0.2) is 101 Å². The van der Waals surface area contributed by atoms with Crippen LogP contribution in [0.2, 0.25) is 0 Å². The van der Waals surface area contributed by atoms with Gasteiger partial charge in [0, 0.05) is 53.5 Å². The number of likely N-dealkylation sites (N-methyl/N-ethyl adjacent to an activating group) is 3. The molecule has 0 unspecified atom stereocenters. The molecule has 0 aliphatic carbocycles. The average Bonchev–Trinajstić information content (AvgIpc) is 3.41. The van der Waals surface area contributed by atoms with Crippen LogP contribution >= 0.6 is 0 Å². The fourth-order valence-electron chi connectivity index (χ4n) is 5.18. The summed E-state index contributed by atoms with van der Waals surface area (Å²) >= 11 is 0. The van der Waals surface area contributed by atoms with Crippen LogP contribution in [0.1, 0.15) is 25.3 Å². The van der Waals surface area contributed by atoms with Gasteiger partial charge in [-0.3, -0.25) is 9.36 Å². The Balaban J connectivity index is 1.43. The van der Waals surface area contributed by atoms with Crippen LogP contribution in [0.15, 0.2) is 36.8 Å². The highest BCUT2D eigenvalue weighted by Crippen LogP contribution is 2.30. The predicted octanol–water partition coefficient (Wildman–Crippen LogP) is 2.97. The molecule has 2 atom stereocenters. The Morgan fingerprint density at radius 3 is 2.60 bits per heavy atom. The van der Waals surface area contributed by atoms with E-state index in [0.29, 0.717) is 47.9 Å². The molecule has 1 aromatic carbocycles. The Bertz CT molecular complexity index is 1510. The van der Waals surface area contributed by atoms with E-state index in [2.05, 4.69) is 22.2 Å². The number of piperidine rings is 1. The normalized spacial score (nSPS) is 16.5. The van der Waals surface area contributed by atoms with Crippen LogP contribution < -0.4 is 16.0 Å². The molecule has 1 aliphatic rings. The lowest BCUT2D eigenvalue weighted by atomic mass is 9.92. The maximum atomic E-state index is 13.4. The van der Waals surface area contributed by atoms with Crippen molar-refractivity contribution in [2.75, 3.05) is 63.3 Å². The van der Waals surface area contributed by atoms with Crippen LogP contribution in [0.4, 0.5) is 26.8 Å². The zero-order valence-electron chi connectivity index (χ0n) is 24.7. The molecule has 3 heterocycles. The van der Waals surface area contributed by atoms with Crippen molar-refractivity contribution in [1.29, 1.82) is 5.26 Å². The number of fused-ring (bicyclic) bond motifs is 1. The second-order valence-electron chi connectivity index (χ2n) is 10.9. The number of carbonyl (C=O) groups excluding carboxylic acids is 3. The van der Waals surface area contributed by atoms with Gasteiger partial charge in [0.25, 0.3) is 0 Å². The van der Waals surface area contributed by atoms with Gasteiger partial charge in [-0.25, -0.2) is 19.6 Å². The van der Waals surface area contributed by atoms with E-state index in [1.54, 1.807) is 37.3 Å². The first-order valence-corrected chi connectivity index (χ1v) is 13.8. The standard InChI is InChI=1S/C29H38N10O3/c1-19-6-7-23(22(31)16-19)34-28(41)35(3)14-15-36(4)29(42)39-13-10-21-26(32-18-33-27(21)39)37(5)24-17-38(12-9-20(24)2)25(40)8-11-30/h6-7,10,13,16,18,20,24H,8-9,12,14-15,17,31H2,1-5H3,(H,34,41)/t20-,24+/m1/s1. The van der Waals surface area contributed by atoms with Gasteiger partial charge in [-0.2, -0.15) is 5.26 Å². The van der Waals surface area contributed by atoms with Crippen LogP contribution in [0, 0.1) is 24.2 Å². The van der Waals surface area contributed by atoms with Crippen molar-refractivity contribution in [3.05, 3.63) is 42.4 Å². The number of hydrogen-bond acceptors (Lipinski definition) is 8. The van der Waals surface area contributed by atoms with Crippen molar-refractivity contribution >= 4 is 46.2 Å². The summed E-state index contributed by atoms with van der Waals surface area (Å²) in [6.45, 7) is 5.76. The summed E-state index contributed by atoms with van der Waals surface area (Å²) in [6, 6.07) is 8.53. The highest BCUT2D eigenvalue weighted by atomic mass is 16.2. The molecular formula is C29H38N10O3. The Morgan fingerprint density at radius 2 is 1.88 bits per heavy atom. The number of carbonyl (C=O) groups is 3. The second-order valence-corrected chi connectivity index (χ2v) is 10.9. The van der Waals surface area contributed by atoms with Gasteiger partial charge in [0.15, 0.2) is 5.65 Å². The molecule has 1 fully saturated rings. The van der Waals surface area contributed by atoms with Crippen LogP contribution in [-0.2, 0) is 4.79 Å². The molecular weight excluding hydrogens is 536 g/mol. The summed E-state index contributed by atoms with van der Waals surface area (Å²) in [5.41, 5.74) is 8.49. The molecule has 2 aromatic heterocycles. The number of nitrogen functional groups attached to an aromatic ring is 1. The van der Waals surface area contributed by atoms with Gasteiger partial charge in [-0.05, 0) is 43.0 Å². The molecule has 3 aromatic rings. The van der Waals surface area contributed by atoms with Crippen molar-refractivity contribution in [2.45, 2.75) is 32.7 Å². The molecule has 1 aliphatic heterocycles. The molecule has 222 valence electrons. The largest absolute Gasteiger partial charge is 0.397 e. The number of anilines is 3. The van der Waals surface area contributed by atoms with E-state index in [0.717, 1.165) is 12.0 Å². The molecule has 4 amide bonds. The van der Waals surface area contributed by atoms with Gasteiger partial charge >= 0.3 is 12.1 Å². The molecule has 13 heteroatoms. The van der Waals surface area contributed by atoms with E-state index in [9.17, 15) is 14.4 Å². The molecule has 3 N–H and O–H groups in total. The van der Waals surface area contributed by atoms with Gasteiger partial charge in [-0.1, -0.05) is 13.0 Å². The number of nitrogens with zero attached hydrogens (tertiary/aromatic N) is 8. The molecule has 13 nitrogen and oxygen atoms in total. The Morgan fingerprint density at radius 1 is 1.14 bits per heavy atom. The quantitative estimate of drug-likeness (QED) is 0.408. The summed E-state index contributed by atoms with van der Waals surface area (Å²) in [4.78, 5) is 54.2. The Hall–Kier alpha value is -4.86. The first-order valence-electron chi connectivity index (χ1n) is 13.8. The highest BCUT2D eigenvalue weighted by Gasteiger charge is 2.33. The summed E-state index contributed by atoms with van der Waals surface area (Å²) in [6.07, 6.45) is 3.77. The number of nitriles is 1. The van der Waals surface area contributed by atoms with Gasteiger partial charge < -0.3 is 30.7 Å². The number of urea groups is 1. The van der Waals surface area contributed by atoms with Gasteiger partial charge in [0.05, 0.1) is 28.9 Å². The Labute approximate surface area is 245 Å². The van der Waals surface area contributed by atoms with Crippen LogP contribution in [0.3, 0.4) is 0 Å². The molecule has 0 saturated carbocycles. The summed E-state index contributed by atoms with van der Waals surface area (Å²) in [5, 5.41) is 12.5. The summed E-state index contributed by atoms with van der Waals surface area (Å²) < 4.78 is 1.47. The number of aryl methyl sites for hydroxylation is 1. The lowest BCUT2D eigenvalue weighted by Gasteiger charge is -2.42. The monoisotopic (exact) mass is 574 g/mol. The van der Waals surface area contributed by atoms with E-state index in [1.165, 1.54) is 20.7 Å². The van der Waals surface area contributed by atoms with E-state index in [1.807, 2.05) is 37.1 Å². The summed E-state index contributed by atoms with van der Waals surface area (Å²) in [7, 11) is 5.25. The number of benzene rings is 1. The highest BCUT2D eigenvalue weighted by molar-refractivity contribution is 5.95. The van der Waals surface area contributed by atoms with Crippen molar-refractivity contribution in [3.8, 4) is 6.07 Å². The maximum Gasteiger partial charge on any atom is 0.329 e. The Kier molecular flexibility index (Phi) is 9.15. The van der Waals surface area contributed by atoms with Gasteiger partial charge in [-0.15, -0.1) is 0 Å². The fraction of sp³-hybridized carbons (Fsp3) is 0.448. The minimum Gasteiger partial charge on any atom is -0.397 e. The zero-order valence-corrected chi connectivity index (χ0v) is 24.7. The number of nitrogens with two attached hydrogens (primary N) is 1. The zero-order chi connectivity index (χ0) is 30.6. The molecule has 0 bridgehead atoms. The number of amides is 4. The third kappa shape index (κ3) is 6.38. The summed E-state index contributed by atoms with van der Waals surface area (Å²) in [5.74, 6) is 0.780. The molecule has 0 spiro atoms. The lowest BCUT2D eigenvalue weighted by molar-refractivity contribution is -0.131. The van der Waals surface area contributed by atoms with E-state index >= 15 is 0 Å². The van der Waals surface area contributed by atoms with E-state index in [4.69, 9.17) is 11.0 Å². The number of likely N-dealkylation sites (tertiary alicyclic amines) is 1. The van der Waals surface area contributed by atoms with Gasteiger partial charge in [0.2, 0.25) is 5.91 Å². The second kappa shape index (κ2) is 12.8. The van der Waals surface area contributed by atoms with E-state index < -0.39 is 0 Å². The molecule has 4 rings (SSSR count). The molecule has 42 heavy (non-hydrogen) atoms. The fourth-order valence-corrected chi connectivity index (χ4v) is 5.18.